The molecule has 104 valence electrons. The van der Waals surface area contributed by atoms with Crippen LogP contribution in [-0.2, 0) is 12.8 Å². The molecule has 2 aromatic rings. The molecule has 4 heteroatoms. The smallest absolute Gasteiger partial charge is 0.161 e. The normalized spacial score (nSPS) is 13.9. The Balaban J connectivity index is 2.07. The summed E-state index contributed by atoms with van der Waals surface area (Å²) in [6, 6.07) is 6.36. The molecule has 0 saturated carbocycles. The van der Waals surface area contributed by atoms with Crippen molar-refractivity contribution in [1.82, 2.24) is 9.97 Å². The van der Waals surface area contributed by atoms with Crippen molar-refractivity contribution in [1.29, 1.82) is 0 Å². The monoisotopic (exact) mass is 271 g/mol. The number of benzene rings is 1. The van der Waals surface area contributed by atoms with Gasteiger partial charge < -0.3 is 5.32 Å². The van der Waals surface area contributed by atoms with E-state index < -0.39 is 0 Å². The molecule has 1 aromatic carbocycles. The third-order valence-corrected chi connectivity index (χ3v) is 3.63. The number of rotatable bonds is 3. The molecule has 0 bridgehead atoms. The van der Waals surface area contributed by atoms with E-state index in [-0.39, 0.29) is 5.82 Å². The SMILES string of the molecule is CCNc1nc(-c2ccc(F)cc2)nc2c1CCCC2. The Morgan fingerprint density at radius 3 is 2.60 bits per heavy atom. The molecule has 1 aliphatic carbocycles. The van der Waals surface area contributed by atoms with Crippen LogP contribution in [-0.4, -0.2) is 16.5 Å². The van der Waals surface area contributed by atoms with Crippen molar-refractivity contribution in [2.45, 2.75) is 32.6 Å². The summed E-state index contributed by atoms with van der Waals surface area (Å²) in [6.07, 6.45) is 4.43. The Morgan fingerprint density at radius 2 is 1.85 bits per heavy atom. The van der Waals surface area contributed by atoms with Gasteiger partial charge in [0.1, 0.15) is 11.6 Å². The van der Waals surface area contributed by atoms with Crippen LogP contribution >= 0.6 is 0 Å². The van der Waals surface area contributed by atoms with Gasteiger partial charge in [0.2, 0.25) is 0 Å². The summed E-state index contributed by atoms with van der Waals surface area (Å²) in [5.74, 6) is 1.39. The third kappa shape index (κ3) is 2.50. The second-order valence-electron chi connectivity index (χ2n) is 5.07. The summed E-state index contributed by atoms with van der Waals surface area (Å²) in [7, 11) is 0. The molecular formula is C16H18FN3. The average molecular weight is 271 g/mol. The number of aromatic nitrogens is 2. The molecule has 1 heterocycles. The van der Waals surface area contributed by atoms with Crippen molar-refractivity contribution in [3.63, 3.8) is 0 Å². The molecule has 1 aliphatic rings. The van der Waals surface area contributed by atoms with Crippen molar-refractivity contribution in [2.75, 3.05) is 11.9 Å². The quantitative estimate of drug-likeness (QED) is 0.927. The van der Waals surface area contributed by atoms with Crippen molar-refractivity contribution in [3.05, 3.63) is 41.3 Å². The Kier molecular flexibility index (Phi) is 3.63. The number of nitrogens with zero attached hydrogens (tertiary/aromatic N) is 2. The van der Waals surface area contributed by atoms with E-state index >= 15 is 0 Å². The van der Waals surface area contributed by atoms with Crippen LogP contribution in [0, 0.1) is 5.82 Å². The van der Waals surface area contributed by atoms with Gasteiger partial charge in [-0.05, 0) is 56.9 Å². The second kappa shape index (κ2) is 5.57. The molecule has 0 saturated heterocycles. The van der Waals surface area contributed by atoms with E-state index in [2.05, 4.69) is 22.2 Å². The zero-order valence-corrected chi connectivity index (χ0v) is 11.6. The largest absolute Gasteiger partial charge is 0.370 e. The molecule has 3 nitrogen and oxygen atoms in total. The van der Waals surface area contributed by atoms with Crippen LogP contribution in [0.5, 0.6) is 0 Å². The van der Waals surface area contributed by atoms with Crippen LogP contribution in [0.3, 0.4) is 0 Å². The summed E-state index contributed by atoms with van der Waals surface area (Å²) in [4.78, 5) is 9.31. The number of nitrogens with one attached hydrogen (secondary N) is 1. The first-order valence-corrected chi connectivity index (χ1v) is 7.17. The minimum Gasteiger partial charge on any atom is -0.370 e. The number of halogens is 1. The summed E-state index contributed by atoms with van der Waals surface area (Å²) in [6.45, 7) is 2.90. The van der Waals surface area contributed by atoms with E-state index in [1.165, 1.54) is 30.5 Å². The highest BCUT2D eigenvalue weighted by molar-refractivity contribution is 5.60. The number of hydrogen-bond donors (Lipinski definition) is 1. The first-order valence-electron chi connectivity index (χ1n) is 7.17. The number of aryl methyl sites for hydroxylation is 1. The fourth-order valence-corrected chi connectivity index (χ4v) is 2.64. The van der Waals surface area contributed by atoms with Crippen LogP contribution < -0.4 is 5.32 Å². The van der Waals surface area contributed by atoms with Crippen LogP contribution in [0.15, 0.2) is 24.3 Å². The highest BCUT2D eigenvalue weighted by atomic mass is 19.1. The van der Waals surface area contributed by atoms with E-state index in [1.54, 1.807) is 12.1 Å². The zero-order valence-electron chi connectivity index (χ0n) is 11.6. The molecule has 1 aromatic heterocycles. The van der Waals surface area contributed by atoms with Crippen molar-refractivity contribution in [3.8, 4) is 11.4 Å². The maximum Gasteiger partial charge on any atom is 0.161 e. The zero-order chi connectivity index (χ0) is 13.9. The molecule has 0 fully saturated rings. The van der Waals surface area contributed by atoms with E-state index in [4.69, 9.17) is 0 Å². The molecule has 0 amide bonds. The number of anilines is 1. The van der Waals surface area contributed by atoms with E-state index in [9.17, 15) is 4.39 Å². The van der Waals surface area contributed by atoms with Gasteiger partial charge in [0.15, 0.2) is 5.82 Å². The molecule has 20 heavy (non-hydrogen) atoms. The summed E-state index contributed by atoms with van der Waals surface area (Å²) >= 11 is 0. The van der Waals surface area contributed by atoms with Crippen molar-refractivity contribution >= 4 is 5.82 Å². The first kappa shape index (κ1) is 13.0. The Bertz CT molecular complexity index is 608. The van der Waals surface area contributed by atoms with Gasteiger partial charge in [-0.25, -0.2) is 14.4 Å². The molecule has 0 aliphatic heterocycles. The molecular weight excluding hydrogens is 253 g/mol. The van der Waals surface area contributed by atoms with Gasteiger partial charge >= 0.3 is 0 Å². The lowest BCUT2D eigenvalue weighted by molar-refractivity contribution is 0.628. The molecule has 0 unspecified atom stereocenters. The second-order valence-corrected chi connectivity index (χ2v) is 5.07. The highest BCUT2D eigenvalue weighted by Gasteiger charge is 2.18. The minimum absolute atomic E-state index is 0.237. The molecule has 0 atom stereocenters. The molecule has 3 rings (SSSR count). The van der Waals surface area contributed by atoms with Crippen LogP contribution in [0.4, 0.5) is 10.2 Å². The van der Waals surface area contributed by atoms with Gasteiger partial charge in [-0.15, -0.1) is 0 Å². The van der Waals surface area contributed by atoms with Gasteiger partial charge in [0.05, 0.1) is 0 Å². The fourth-order valence-electron chi connectivity index (χ4n) is 2.64. The maximum absolute atomic E-state index is 13.0. The first-order chi connectivity index (χ1) is 9.78. The molecule has 0 spiro atoms. The Labute approximate surface area is 118 Å². The number of fused-ring (bicyclic) bond motifs is 1. The highest BCUT2D eigenvalue weighted by Crippen LogP contribution is 2.28. The van der Waals surface area contributed by atoms with Crippen LogP contribution in [0.1, 0.15) is 31.0 Å². The van der Waals surface area contributed by atoms with Gasteiger partial charge in [-0.1, -0.05) is 0 Å². The van der Waals surface area contributed by atoms with Gasteiger partial charge in [0.25, 0.3) is 0 Å². The van der Waals surface area contributed by atoms with Gasteiger partial charge in [-0.3, -0.25) is 0 Å². The standard InChI is InChI=1S/C16H18FN3/c1-2-18-16-13-5-3-4-6-14(13)19-15(20-16)11-7-9-12(17)10-8-11/h7-10H,2-6H2,1H3,(H,18,19,20). The fraction of sp³-hybridized carbons (Fsp3) is 0.375. The lowest BCUT2D eigenvalue weighted by Gasteiger charge is -2.19. The van der Waals surface area contributed by atoms with Crippen LogP contribution in [0.25, 0.3) is 11.4 Å². The third-order valence-electron chi connectivity index (χ3n) is 3.63. The summed E-state index contributed by atoms with van der Waals surface area (Å²) in [5, 5.41) is 3.33. The predicted molar refractivity (Wildman–Crippen MR) is 78.2 cm³/mol. The molecule has 0 radical (unpaired) electrons. The minimum atomic E-state index is -0.237. The summed E-state index contributed by atoms with van der Waals surface area (Å²) in [5.41, 5.74) is 3.25. The van der Waals surface area contributed by atoms with Gasteiger partial charge in [-0.2, -0.15) is 0 Å². The maximum atomic E-state index is 13.0. The summed E-state index contributed by atoms with van der Waals surface area (Å²) < 4.78 is 13.0. The van der Waals surface area contributed by atoms with E-state index in [0.29, 0.717) is 5.82 Å². The average Bonchev–Trinajstić information content (AvgIpc) is 2.48. The van der Waals surface area contributed by atoms with Crippen LogP contribution in [0.2, 0.25) is 0 Å². The molecule has 1 N–H and O–H groups in total. The van der Waals surface area contributed by atoms with Crippen molar-refractivity contribution < 1.29 is 4.39 Å². The Hall–Kier alpha value is -1.97. The lowest BCUT2D eigenvalue weighted by atomic mass is 9.96. The van der Waals surface area contributed by atoms with E-state index in [1.807, 2.05) is 0 Å². The predicted octanol–water partition coefficient (Wildman–Crippen LogP) is 3.59. The van der Waals surface area contributed by atoms with E-state index in [0.717, 1.165) is 36.5 Å². The Morgan fingerprint density at radius 1 is 1.10 bits per heavy atom. The number of hydrogen-bond acceptors (Lipinski definition) is 3. The van der Waals surface area contributed by atoms with Gasteiger partial charge in [0, 0.05) is 23.4 Å². The van der Waals surface area contributed by atoms with Crippen molar-refractivity contribution in [2.24, 2.45) is 0 Å². The topological polar surface area (TPSA) is 37.8 Å². The lowest BCUT2D eigenvalue weighted by Crippen LogP contribution is -2.13.